The fourth-order valence-electron chi connectivity index (χ4n) is 6.11. The molecule has 184 valence electrons. The number of aliphatic hydroxyl groups excluding tert-OH is 1. The first-order valence-corrected chi connectivity index (χ1v) is 13.0. The van der Waals surface area contributed by atoms with Crippen LogP contribution in [0.3, 0.4) is 0 Å². The van der Waals surface area contributed by atoms with Crippen molar-refractivity contribution in [2.45, 2.75) is 48.3 Å². The predicted octanol–water partition coefficient (Wildman–Crippen LogP) is 3.78. The van der Waals surface area contributed by atoms with Gasteiger partial charge in [-0.15, -0.1) is 11.8 Å². The van der Waals surface area contributed by atoms with E-state index in [1.165, 1.54) is 4.90 Å². The van der Waals surface area contributed by atoms with Gasteiger partial charge >= 0.3 is 0 Å². The smallest absolute Gasteiger partial charge is 0.248 e. The van der Waals surface area contributed by atoms with Crippen molar-refractivity contribution in [3.8, 4) is 0 Å². The second kappa shape index (κ2) is 8.84. The summed E-state index contributed by atoms with van der Waals surface area (Å²) in [5.74, 6) is -2.00. The number of amides is 3. The van der Waals surface area contributed by atoms with E-state index in [2.05, 4.69) is 10.6 Å². The molecule has 2 aromatic carbocycles. The molecule has 0 saturated carbocycles. The zero-order chi connectivity index (χ0) is 25.0. The summed E-state index contributed by atoms with van der Waals surface area (Å²) < 4.78 is -1.21. The Bertz CT molecular complexity index is 1160. The van der Waals surface area contributed by atoms with Crippen molar-refractivity contribution < 1.29 is 19.5 Å². The molecule has 3 saturated heterocycles. The van der Waals surface area contributed by atoms with Gasteiger partial charge in [0.05, 0.1) is 29.2 Å². The van der Waals surface area contributed by atoms with E-state index in [0.717, 1.165) is 6.42 Å². The lowest BCUT2D eigenvalue weighted by Crippen LogP contribution is -2.54. The van der Waals surface area contributed by atoms with E-state index < -0.39 is 33.4 Å². The van der Waals surface area contributed by atoms with Crippen molar-refractivity contribution in [3.63, 3.8) is 0 Å². The Morgan fingerprint density at radius 2 is 1.71 bits per heavy atom. The Labute approximate surface area is 213 Å². The molecule has 7 nitrogen and oxygen atoms in total. The van der Waals surface area contributed by atoms with Gasteiger partial charge in [0.1, 0.15) is 6.04 Å². The molecule has 35 heavy (non-hydrogen) atoms. The maximum absolute atomic E-state index is 13.9. The van der Waals surface area contributed by atoms with Gasteiger partial charge in [0, 0.05) is 21.1 Å². The number of hydrogen-bond donors (Lipinski definition) is 3. The third-order valence-electron chi connectivity index (χ3n) is 7.64. The van der Waals surface area contributed by atoms with Gasteiger partial charge in [-0.2, -0.15) is 0 Å². The van der Waals surface area contributed by atoms with Crippen LogP contribution in [0.15, 0.2) is 54.6 Å². The van der Waals surface area contributed by atoms with Crippen molar-refractivity contribution >= 4 is 52.5 Å². The first kappa shape index (κ1) is 24.2. The van der Waals surface area contributed by atoms with Gasteiger partial charge in [0.2, 0.25) is 17.7 Å². The van der Waals surface area contributed by atoms with Crippen LogP contribution in [0.25, 0.3) is 0 Å². The molecule has 6 atom stereocenters. The van der Waals surface area contributed by atoms with Crippen molar-refractivity contribution in [1.29, 1.82) is 0 Å². The van der Waals surface area contributed by atoms with E-state index in [1.807, 2.05) is 37.3 Å². The monoisotopic (exact) mass is 513 g/mol. The average Bonchev–Trinajstić information content (AvgIpc) is 3.41. The molecule has 3 N–H and O–H groups in total. The largest absolute Gasteiger partial charge is 0.394 e. The molecule has 9 heteroatoms. The van der Waals surface area contributed by atoms with Gasteiger partial charge in [-0.1, -0.05) is 29.8 Å². The number of benzene rings is 2. The molecule has 0 aliphatic carbocycles. The number of aliphatic hydroxyl groups is 1. The molecule has 3 fully saturated rings. The number of carbonyl (C=O) groups excluding carboxylic acids is 3. The zero-order valence-electron chi connectivity index (χ0n) is 19.5. The number of carbonyl (C=O) groups is 3. The highest BCUT2D eigenvalue weighted by Crippen LogP contribution is 2.71. The third-order valence-corrected chi connectivity index (χ3v) is 9.88. The molecule has 5 rings (SSSR count). The summed E-state index contributed by atoms with van der Waals surface area (Å²) >= 11 is 7.58. The van der Waals surface area contributed by atoms with E-state index in [9.17, 15) is 19.5 Å². The number of rotatable bonds is 6. The minimum Gasteiger partial charge on any atom is -0.394 e. The van der Waals surface area contributed by atoms with Crippen molar-refractivity contribution in [2.75, 3.05) is 17.2 Å². The minimum atomic E-state index is -0.806. The first-order valence-electron chi connectivity index (χ1n) is 11.8. The highest BCUT2D eigenvalue weighted by atomic mass is 35.5. The number of fused-ring (bicyclic) bond motifs is 1. The summed E-state index contributed by atoms with van der Waals surface area (Å²) in [6.45, 7) is 3.49. The molecule has 0 aromatic heterocycles. The molecule has 1 spiro atoms. The molecule has 2 bridgehead atoms. The van der Waals surface area contributed by atoms with Crippen molar-refractivity contribution in [3.05, 3.63) is 59.6 Å². The Morgan fingerprint density at radius 3 is 2.37 bits per heavy atom. The highest BCUT2D eigenvalue weighted by molar-refractivity contribution is 8.02. The van der Waals surface area contributed by atoms with Crippen LogP contribution in [0.4, 0.5) is 11.4 Å². The number of nitrogens with one attached hydrogen (secondary N) is 2. The number of para-hydroxylation sites is 1. The van der Waals surface area contributed by atoms with E-state index in [4.69, 9.17) is 11.6 Å². The lowest BCUT2D eigenvalue weighted by molar-refractivity contribution is -0.141. The standard InChI is InChI=1S/C26H28ClN3O4S/c1-15(14-31)30-21(23(33)29-18-10-8-16(27)9-11-18)26-13-12-25(2,35-26)19(20(26)24(30)34)22(32)28-17-6-4-3-5-7-17/h3-11,15,19-21,31H,12-14H2,1-2H3,(H,28,32)(H,29,33)/t15-,19-,20+,21?,25+,26?/m1/s1. The zero-order valence-corrected chi connectivity index (χ0v) is 21.1. The number of anilines is 2. The molecule has 3 aliphatic heterocycles. The predicted molar refractivity (Wildman–Crippen MR) is 137 cm³/mol. The number of hydrogen-bond acceptors (Lipinski definition) is 5. The van der Waals surface area contributed by atoms with Gasteiger partial charge in [0.25, 0.3) is 0 Å². The molecule has 2 aromatic rings. The van der Waals surface area contributed by atoms with Gasteiger partial charge in [-0.05, 0) is 63.1 Å². The Balaban J connectivity index is 1.51. The van der Waals surface area contributed by atoms with Crippen LogP contribution >= 0.6 is 23.4 Å². The molecule has 3 heterocycles. The second-order valence-electron chi connectivity index (χ2n) is 9.86. The molecule has 0 radical (unpaired) electrons. The maximum atomic E-state index is 13.9. The Morgan fingerprint density at radius 1 is 1.09 bits per heavy atom. The van der Waals surface area contributed by atoms with Crippen LogP contribution in [0.1, 0.15) is 26.7 Å². The average molecular weight is 514 g/mol. The third kappa shape index (κ3) is 3.82. The summed E-state index contributed by atoms with van der Waals surface area (Å²) in [5, 5.41) is 16.4. The lowest BCUT2D eigenvalue weighted by atomic mass is 9.66. The topological polar surface area (TPSA) is 98.7 Å². The van der Waals surface area contributed by atoms with Crippen LogP contribution in [0.2, 0.25) is 5.02 Å². The van der Waals surface area contributed by atoms with Crippen LogP contribution in [-0.2, 0) is 14.4 Å². The lowest BCUT2D eigenvalue weighted by Gasteiger charge is -2.36. The second-order valence-corrected chi connectivity index (χ2v) is 12.2. The van der Waals surface area contributed by atoms with E-state index in [1.54, 1.807) is 43.0 Å². The van der Waals surface area contributed by atoms with Crippen LogP contribution in [0, 0.1) is 11.8 Å². The highest BCUT2D eigenvalue weighted by Gasteiger charge is 2.77. The molecular formula is C26H28ClN3O4S. The van der Waals surface area contributed by atoms with Gasteiger partial charge in [0.15, 0.2) is 0 Å². The quantitative estimate of drug-likeness (QED) is 0.546. The van der Waals surface area contributed by atoms with Crippen molar-refractivity contribution in [1.82, 2.24) is 4.90 Å². The van der Waals surface area contributed by atoms with Gasteiger partial charge in [-0.25, -0.2) is 0 Å². The molecule has 2 unspecified atom stereocenters. The Hall–Kier alpha value is -2.55. The van der Waals surface area contributed by atoms with Crippen LogP contribution < -0.4 is 10.6 Å². The molecular weight excluding hydrogens is 486 g/mol. The van der Waals surface area contributed by atoms with Crippen molar-refractivity contribution in [2.24, 2.45) is 11.8 Å². The van der Waals surface area contributed by atoms with E-state index >= 15 is 0 Å². The molecule has 3 aliphatic rings. The summed E-state index contributed by atoms with van der Waals surface area (Å²) in [4.78, 5) is 42.8. The Kier molecular flexibility index (Phi) is 6.10. The number of halogens is 1. The number of thioether (sulfide) groups is 1. The minimum absolute atomic E-state index is 0.207. The first-order chi connectivity index (χ1) is 16.7. The fourth-order valence-corrected chi connectivity index (χ4v) is 8.58. The molecule has 3 amide bonds. The summed E-state index contributed by atoms with van der Waals surface area (Å²) in [7, 11) is 0. The van der Waals surface area contributed by atoms with Gasteiger partial charge < -0.3 is 20.6 Å². The van der Waals surface area contributed by atoms with Crippen LogP contribution in [0.5, 0.6) is 0 Å². The van der Waals surface area contributed by atoms with E-state index in [-0.39, 0.29) is 24.3 Å². The maximum Gasteiger partial charge on any atom is 0.248 e. The van der Waals surface area contributed by atoms with Gasteiger partial charge in [-0.3, -0.25) is 14.4 Å². The fraction of sp³-hybridized carbons (Fsp3) is 0.423. The SMILES string of the molecule is C[C@H](CO)N1C(=O)[C@@H]2[C@H](C(=O)Nc3ccccc3)[C@]3(C)CCC2(S3)C1C(=O)Nc1ccc(Cl)cc1. The summed E-state index contributed by atoms with van der Waals surface area (Å²) in [6.07, 6.45) is 1.37. The summed E-state index contributed by atoms with van der Waals surface area (Å²) in [6, 6.07) is 14.6. The number of likely N-dealkylation sites (tertiary alicyclic amines) is 1. The normalized spacial score (nSPS) is 31.8. The summed E-state index contributed by atoms with van der Waals surface area (Å²) in [5.41, 5.74) is 1.25. The van der Waals surface area contributed by atoms with Crippen LogP contribution in [-0.4, -0.2) is 55.9 Å². The number of nitrogens with zero attached hydrogens (tertiary/aromatic N) is 1. The van der Waals surface area contributed by atoms with E-state index in [0.29, 0.717) is 22.8 Å².